The summed E-state index contributed by atoms with van der Waals surface area (Å²) in [5.74, 6) is -0.477. The Labute approximate surface area is 175 Å². The van der Waals surface area contributed by atoms with Gasteiger partial charge < -0.3 is 9.47 Å². The molecular formula is C21H23NO7S. The van der Waals surface area contributed by atoms with E-state index in [-0.39, 0.29) is 55.4 Å². The lowest BCUT2D eigenvalue weighted by molar-refractivity contribution is 0.0526. The third-order valence-electron chi connectivity index (χ3n) is 4.46. The molecule has 0 saturated heterocycles. The molecule has 0 unspecified atom stereocenters. The molecule has 0 fully saturated rings. The highest BCUT2D eigenvalue weighted by molar-refractivity contribution is 7.86. The first-order valence-corrected chi connectivity index (χ1v) is 10.9. The molecule has 0 saturated carbocycles. The Balaban J connectivity index is 1.49. The van der Waals surface area contributed by atoms with Crippen molar-refractivity contribution < 1.29 is 31.7 Å². The van der Waals surface area contributed by atoms with Gasteiger partial charge in [0.05, 0.1) is 37.5 Å². The molecule has 2 aromatic carbocycles. The molecule has 1 aliphatic rings. The number of imide groups is 1. The Morgan fingerprint density at radius 2 is 1.60 bits per heavy atom. The number of rotatable bonds is 10. The highest BCUT2D eigenvalue weighted by Crippen LogP contribution is 2.27. The molecule has 2 aromatic rings. The average molecular weight is 433 g/mol. The molecular weight excluding hydrogens is 410 g/mol. The lowest BCUT2D eigenvalue weighted by atomic mass is 10.1. The van der Waals surface area contributed by atoms with Crippen molar-refractivity contribution in [3.63, 3.8) is 0 Å². The van der Waals surface area contributed by atoms with Gasteiger partial charge in [-0.25, -0.2) is 0 Å². The van der Waals surface area contributed by atoms with Crippen molar-refractivity contribution in [3.05, 3.63) is 59.2 Å². The second kappa shape index (κ2) is 9.38. The van der Waals surface area contributed by atoms with Crippen molar-refractivity contribution in [2.24, 2.45) is 0 Å². The number of fused-ring (bicyclic) bond motifs is 1. The summed E-state index contributed by atoms with van der Waals surface area (Å²) in [7, 11) is -3.90. The third-order valence-corrected chi connectivity index (χ3v) is 5.89. The molecule has 0 radical (unpaired) electrons. The van der Waals surface area contributed by atoms with E-state index in [1.165, 1.54) is 6.07 Å². The molecule has 30 heavy (non-hydrogen) atoms. The summed E-state index contributed by atoms with van der Waals surface area (Å²) in [6, 6.07) is 11.4. The molecule has 1 heterocycles. The van der Waals surface area contributed by atoms with Crippen LogP contribution in [-0.4, -0.2) is 58.1 Å². The first-order chi connectivity index (χ1) is 14.3. The Bertz CT molecular complexity index is 1010. The Morgan fingerprint density at radius 1 is 0.933 bits per heavy atom. The standard InChI is InChI=1S/C21H23NO7S/c1-3-29-30(25,26)19-9-8-15(2)14-18(19)28-13-12-27-11-10-22-20(23)16-6-4-5-7-17(16)21(22)24/h4-9,14H,3,10-13H2,1-2H3. The van der Waals surface area contributed by atoms with Crippen LogP contribution in [0.5, 0.6) is 5.75 Å². The minimum atomic E-state index is -3.90. The van der Waals surface area contributed by atoms with E-state index < -0.39 is 10.1 Å². The minimum Gasteiger partial charge on any atom is -0.490 e. The van der Waals surface area contributed by atoms with E-state index in [1.54, 1.807) is 43.3 Å². The zero-order valence-electron chi connectivity index (χ0n) is 16.8. The van der Waals surface area contributed by atoms with Gasteiger partial charge in [-0.1, -0.05) is 18.2 Å². The number of amides is 2. The maximum atomic E-state index is 12.3. The van der Waals surface area contributed by atoms with Crippen molar-refractivity contribution in [2.75, 3.05) is 33.0 Å². The van der Waals surface area contributed by atoms with Gasteiger partial charge in [-0.3, -0.25) is 18.7 Å². The molecule has 0 atom stereocenters. The van der Waals surface area contributed by atoms with E-state index >= 15 is 0 Å². The summed E-state index contributed by atoms with van der Waals surface area (Å²) >= 11 is 0. The van der Waals surface area contributed by atoms with Crippen LogP contribution >= 0.6 is 0 Å². The van der Waals surface area contributed by atoms with Gasteiger partial charge in [0, 0.05) is 0 Å². The smallest absolute Gasteiger partial charge is 0.300 e. The molecule has 0 bridgehead atoms. The zero-order chi connectivity index (χ0) is 21.7. The third kappa shape index (κ3) is 4.69. The Kier molecular flexibility index (Phi) is 6.86. The predicted octanol–water partition coefficient (Wildman–Crippen LogP) is 2.41. The van der Waals surface area contributed by atoms with E-state index in [0.717, 1.165) is 10.5 Å². The number of nitrogens with zero attached hydrogens (tertiary/aromatic N) is 1. The van der Waals surface area contributed by atoms with Gasteiger partial charge in [0.1, 0.15) is 17.3 Å². The van der Waals surface area contributed by atoms with Gasteiger partial charge in [0.25, 0.3) is 11.8 Å². The second-order valence-electron chi connectivity index (χ2n) is 6.58. The van der Waals surface area contributed by atoms with Crippen molar-refractivity contribution in [1.82, 2.24) is 4.90 Å². The van der Waals surface area contributed by atoms with Crippen LogP contribution in [0.1, 0.15) is 33.2 Å². The quantitative estimate of drug-likeness (QED) is 0.322. The second-order valence-corrected chi connectivity index (χ2v) is 8.16. The summed E-state index contributed by atoms with van der Waals surface area (Å²) in [5.41, 5.74) is 1.63. The number of aryl methyl sites for hydroxylation is 1. The summed E-state index contributed by atoms with van der Waals surface area (Å²) in [5, 5.41) is 0. The molecule has 0 spiro atoms. The van der Waals surface area contributed by atoms with Crippen molar-refractivity contribution >= 4 is 21.9 Å². The average Bonchev–Trinajstić information content (AvgIpc) is 2.95. The Hall–Kier alpha value is -2.75. The van der Waals surface area contributed by atoms with Crippen LogP contribution in [0.4, 0.5) is 0 Å². The van der Waals surface area contributed by atoms with Crippen LogP contribution in [0.15, 0.2) is 47.4 Å². The van der Waals surface area contributed by atoms with Gasteiger partial charge in [-0.15, -0.1) is 0 Å². The normalized spacial score (nSPS) is 13.6. The summed E-state index contributed by atoms with van der Waals surface area (Å²) in [6.07, 6.45) is 0. The summed E-state index contributed by atoms with van der Waals surface area (Å²) in [6.45, 7) is 3.96. The van der Waals surface area contributed by atoms with E-state index in [2.05, 4.69) is 0 Å². The molecule has 8 nitrogen and oxygen atoms in total. The Morgan fingerprint density at radius 3 is 2.23 bits per heavy atom. The van der Waals surface area contributed by atoms with Crippen molar-refractivity contribution in [3.8, 4) is 5.75 Å². The van der Waals surface area contributed by atoms with Crippen LogP contribution in [0.2, 0.25) is 0 Å². The first kappa shape index (κ1) is 21.9. The highest BCUT2D eigenvalue weighted by Gasteiger charge is 2.34. The topological polar surface area (TPSA) is 99.2 Å². The SMILES string of the molecule is CCOS(=O)(=O)c1ccc(C)cc1OCCOCCN1C(=O)c2ccccc2C1=O. The van der Waals surface area contributed by atoms with E-state index in [9.17, 15) is 18.0 Å². The van der Waals surface area contributed by atoms with Gasteiger partial charge in [0.15, 0.2) is 0 Å². The van der Waals surface area contributed by atoms with Crippen LogP contribution in [0.3, 0.4) is 0 Å². The molecule has 0 aliphatic carbocycles. The highest BCUT2D eigenvalue weighted by atomic mass is 32.2. The minimum absolute atomic E-state index is 0.0244. The van der Waals surface area contributed by atoms with Crippen LogP contribution in [-0.2, 0) is 19.0 Å². The molecule has 0 aromatic heterocycles. The van der Waals surface area contributed by atoms with Crippen LogP contribution in [0.25, 0.3) is 0 Å². The first-order valence-electron chi connectivity index (χ1n) is 9.51. The fraction of sp³-hybridized carbons (Fsp3) is 0.333. The number of carbonyl (C=O) groups is 2. The summed E-state index contributed by atoms with van der Waals surface area (Å²) < 4.78 is 40.3. The van der Waals surface area contributed by atoms with E-state index in [0.29, 0.717) is 11.1 Å². The van der Waals surface area contributed by atoms with Crippen molar-refractivity contribution in [2.45, 2.75) is 18.7 Å². The molecule has 9 heteroatoms. The van der Waals surface area contributed by atoms with E-state index in [1.807, 2.05) is 6.92 Å². The molecule has 160 valence electrons. The lowest BCUT2D eigenvalue weighted by Crippen LogP contribution is -2.33. The zero-order valence-corrected chi connectivity index (χ0v) is 17.6. The number of hydrogen-bond donors (Lipinski definition) is 0. The van der Waals surface area contributed by atoms with Crippen LogP contribution < -0.4 is 4.74 Å². The van der Waals surface area contributed by atoms with Crippen LogP contribution in [0, 0.1) is 6.92 Å². The number of benzene rings is 2. The van der Waals surface area contributed by atoms with Crippen molar-refractivity contribution in [1.29, 1.82) is 0 Å². The monoisotopic (exact) mass is 433 g/mol. The number of ether oxygens (including phenoxy) is 2. The van der Waals surface area contributed by atoms with Gasteiger partial charge in [-0.05, 0) is 43.7 Å². The predicted molar refractivity (Wildman–Crippen MR) is 108 cm³/mol. The fourth-order valence-electron chi connectivity index (χ4n) is 3.06. The lowest BCUT2D eigenvalue weighted by Gasteiger charge is -2.15. The molecule has 3 rings (SSSR count). The molecule has 1 aliphatic heterocycles. The maximum Gasteiger partial charge on any atom is 0.300 e. The number of hydrogen-bond acceptors (Lipinski definition) is 7. The maximum absolute atomic E-state index is 12.3. The van der Waals surface area contributed by atoms with E-state index in [4.69, 9.17) is 13.7 Å². The van der Waals surface area contributed by atoms with Gasteiger partial charge in [0.2, 0.25) is 0 Å². The summed E-state index contributed by atoms with van der Waals surface area (Å²) in [4.78, 5) is 25.7. The van der Waals surface area contributed by atoms with Gasteiger partial charge >= 0.3 is 10.1 Å². The van der Waals surface area contributed by atoms with Gasteiger partial charge in [-0.2, -0.15) is 8.42 Å². The molecule has 0 N–H and O–H groups in total. The molecule has 2 amide bonds. The number of carbonyl (C=O) groups excluding carboxylic acids is 2. The largest absolute Gasteiger partial charge is 0.490 e. The fourth-order valence-corrected chi connectivity index (χ4v) is 4.10.